The molecule has 0 aromatic heterocycles. The fraction of sp³-hybridized carbons (Fsp3) is 0.846. The van der Waals surface area contributed by atoms with Crippen LogP contribution in [0.2, 0.25) is 0 Å². The first kappa shape index (κ1) is 35.6. The minimum Gasteiger partial charge on any atom is -0.481 e. The van der Waals surface area contributed by atoms with E-state index in [2.05, 4.69) is 24.5 Å². The number of nitrogens with one attached hydrogen (secondary N) is 2. The average Bonchev–Trinajstić information content (AvgIpc) is 2.70. The maximum absolute atomic E-state index is 11.8. The van der Waals surface area contributed by atoms with Gasteiger partial charge in [-0.25, -0.2) is 9.59 Å². The molecule has 2 amide bonds. The van der Waals surface area contributed by atoms with Crippen LogP contribution < -0.4 is 10.6 Å². The lowest BCUT2D eigenvalue weighted by molar-refractivity contribution is -0.150. The topological polar surface area (TPSA) is 140 Å². The number of carbonyl (C=O) groups is 4. The Balaban J connectivity index is 0. The van der Waals surface area contributed by atoms with E-state index in [4.69, 9.17) is 19.3 Å². The van der Waals surface area contributed by atoms with Gasteiger partial charge in [0.1, 0.15) is 17.3 Å². The van der Waals surface area contributed by atoms with Gasteiger partial charge in [0.25, 0.3) is 0 Å². The van der Waals surface area contributed by atoms with Crippen molar-refractivity contribution in [1.82, 2.24) is 10.6 Å². The van der Waals surface area contributed by atoms with Gasteiger partial charge in [0.2, 0.25) is 0 Å². The second-order valence-corrected chi connectivity index (χ2v) is 10.5. The highest BCUT2D eigenvalue weighted by atomic mass is 16.6. The first-order chi connectivity index (χ1) is 16.6. The zero-order chi connectivity index (χ0) is 28.2. The molecule has 3 N–H and O–H groups in total. The van der Waals surface area contributed by atoms with E-state index in [1.54, 1.807) is 20.8 Å². The van der Waals surface area contributed by atoms with Crippen molar-refractivity contribution < 1.29 is 38.5 Å². The first-order valence-electron chi connectivity index (χ1n) is 12.9. The van der Waals surface area contributed by atoms with E-state index in [1.165, 1.54) is 0 Å². The third kappa shape index (κ3) is 27.7. The van der Waals surface area contributed by atoms with E-state index in [0.717, 1.165) is 32.1 Å². The van der Waals surface area contributed by atoms with E-state index in [-0.39, 0.29) is 18.5 Å². The highest BCUT2D eigenvalue weighted by molar-refractivity contribution is 5.70. The van der Waals surface area contributed by atoms with Crippen molar-refractivity contribution in [2.75, 3.05) is 13.1 Å². The molecule has 0 radical (unpaired) electrons. The van der Waals surface area contributed by atoms with Crippen LogP contribution in [0.4, 0.5) is 9.59 Å². The predicted molar refractivity (Wildman–Crippen MR) is 139 cm³/mol. The maximum Gasteiger partial charge on any atom is 0.407 e. The van der Waals surface area contributed by atoms with Gasteiger partial charge in [0.05, 0.1) is 0 Å². The number of ether oxygens (including phenoxy) is 3. The Morgan fingerprint density at radius 1 is 0.722 bits per heavy atom. The standard InChI is InChI=1S/C17H33NO4.C9H17NO4/c1-6-8-11-14(10-7-2)21-15(19)12-9-13-18-16(20)22-17(3,4)5;1-9(2,3)14-8(13)10-6-4-5-7(11)12/h14H,6-13H2,1-5H3,(H,18,20);4-6H2,1-3H3,(H,10,13)(H,11,12). The van der Waals surface area contributed by atoms with Crippen LogP contribution in [0, 0.1) is 0 Å². The molecular formula is C26H50N2O8. The molecule has 1 atom stereocenters. The smallest absolute Gasteiger partial charge is 0.407 e. The molecular weight excluding hydrogens is 468 g/mol. The molecule has 0 saturated heterocycles. The van der Waals surface area contributed by atoms with E-state index >= 15 is 0 Å². The molecule has 212 valence electrons. The van der Waals surface area contributed by atoms with Crippen molar-refractivity contribution in [1.29, 1.82) is 0 Å². The second kappa shape index (κ2) is 19.6. The van der Waals surface area contributed by atoms with Gasteiger partial charge in [-0.1, -0.05) is 33.1 Å². The summed E-state index contributed by atoms with van der Waals surface area (Å²) in [6.45, 7) is 15.7. The summed E-state index contributed by atoms with van der Waals surface area (Å²) in [5.74, 6) is -1.04. The number of hydrogen-bond acceptors (Lipinski definition) is 7. The molecule has 1 unspecified atom stereocenters. The normalized spacial score (nSPS) is 11.9. The number of unbranched alkanes of at least 4 members (excludes halogenated alkanes) is 1. The van der Waals surface area contributed by atoms with Crippen molar-refractivity contribution >= 4 is 24.1 Å². The van der Waals surface area contributed by atoms with E-state index in [0.29, 0.717) is 32.4 Å². The molecule has 0 heterocycles. The Morgan fingerprint density at radius 2 is 1.19 bits per heavy atom. The average molecular weight is 519 g/mol. The summed E-state index contributed by atoms with van der Waals surface area (Å²) in [5.41, 5.74) is -1.02. The summed E-state index contributed by atoms with van der Waals surface area (Å²) in [6, 6.07) is 0. The van der Waals surface area contributed by atoms with Crippen molar-refractivity contribution in [3.8, 4) is 0 Å². The monoisotopic (exact) mass is 518 g/mol. The van der Waals surface area contributed by atoms with E-state index in [9.17, 15) is 19.2 Å². The van der Waals surface area contributed by atoms with Crippen LogP contribution in [-0.2, 0) is 23.8 Å². The Morgan fingerprint density at radius 3 is 1.58 bits per heavy atom. The SMILES string of the molecule is CC(C)(C)OC(=O)NCCCC(=O)O.CCCCC(CCC)OC(=O)CCCNC(=O)OC(C)(C)C. The van der Waals surface area contributed by atoms with Gasteiger partial charge >= 0.3 is 24.1 Å². The van der Waals surface area contributed by atoms with Crippen LogP contribution in [0.25, 0.3) is 0 Å². The molecule has 0 aromatic rings. The summed E-state index contributed by atoms with van der Waals surface area (Å²) in [6.07, 6.45) is 5.48. The lowest BCUT2D eigenvalue weighted by Gasteiger charge is -2.19. The number of esters is 1. The van der Waals surface area contributed by atoms with Crippen LogP contribution >= 0.6 is 0 Å². The highest BCUT2D eigenvalue weighted by Gasteiger charge is 2.17. The van der Waals surface area contributed by atoms with Crippen molar-refractivity contribution in [2.45, 2.75) is 130 Å². The number of amides is 2. The molecule has 0 aliphatic carbocycles. The molecule has 36 heavy (non-hydrogen) atoms. The summed E-state index contributed by atoms with van der Waals surface area (Å²) in [4.78, 5) is 44.4. The summed E-state index contributed by atoms with van der Waals surface area (Å²) in [7, 11) is 0. The molecule has 0 fully saturated rings. The van der Waals surface area contributed by atoms with Gasteiger partial charge in [0, 0.05) is 25.9 Å². The fourth-order valence-electron chi connectivity index (χ4n) is 2.74. The Bertz CT molecular complexity index is 639. The van der Waals surface area contributed by atoms with Crippen LogP contribution in [-0.4, -0.2) is 59.6 Å². The minimum absolute atomic E-state index is 0.0382. The Labute approximate surface area is 217 Å². The summed E-state index contributed by atoms with van der Waals surface area (Å²) in [5, 5.41) is 13.4. The van der Waals surface area contributed by atoms with Gasteiger partial charge < -0.3 is 30.0 Å². The fourth-order valence-corrected chi connectivity index (χ4v) is 2.74. The van der Waals surface area contributed by atoms with Crippen molar-refractivity contribution in [3.05, 3.63) is 0 Å². The molecule has 0 bridgehead atoms. The molecule has 0 saturated carbocycles. The number of carboxylic acids is 1. The van der Waals surface area contributed by atoms with Crippen molar-refractivity contribution in [2.24, 2.45) is 0 Å². The summed E-state index contributed by atoms with van der Waals surface area (Å²) < 4.78 is 15.6. The van der Waals surface area contributed by atoms with Crippen LogP contribution in [0.15, 0.2) is 0 Å². The third-order valence-electron chi connectivity index (χ3n) is 4.25. The number of rotatable bonds is 14. The largest absolute Gasteiger partial charge is 0.481 e. The Hall–Kier alpha value is -2.52. The van der Waals surface area contributed by atoms with E-state index < -0.39 is 29.4 Å². The number of hydrogen-bond donors (Lipinski definition) is 3. The molecule has 0 aliphatic heterocycles. The minimum atomic E-state index is -0.865. The molecule has 0 aromatic carbocycles. The zero-order valence-electron chi connectivity index (χ0n) is 23.7. The first-order valence-corrected chi connectivity index (χ1v) is 12.9. The predicted octanol–water partition coefficient (Wildman–Crippen LogP) is 5.57. The highest BCUT2D eigenvalue weighted by Crippen LogP contribution is 2.12. The van der Waals surface area contributed by atoms with Gasteiger partial charge in [-0.3, -0.25) is 9.59 Å². The molecule has 0 rings (SSSR count). The lowest BCUT2D eigenvalue weighted by atomic mass is 10.1. The van der Waals surface area contributed by atoms with Gasteiger partial charge in [-0.05, 0) is 67.2 Å². The molecule has 10 heteroatoms. The van der Waals surface area contributed by atoms with E-state index in [1.807, 2.05) is 20.8 Å². The van der Waals surface area contributed by atoms with Gasteiger partial charge in [-0.15, -0.1) is 0 Å². The zero-order valence-corrected chi connectivity index (χ0v) is 23.7. The number of carboxylic acid groups (broad SMARTS) is 1. The molecule has 10 nitrogen and oxygen atoms in total. The number of alkyl carbamates (subject to hydrolysis) is 2. The Kier molecular flexibility index (Phi) is 19.4. The third-order valence-corrected chi connectivity index (χ3v) is 4.25. The number of carbonyl (C=O) groups excluding carboxylic acids is 3. The number of aliphatic carboxylic acids is 1. The van der Waals surface area contributed by atoms with Crippen LogP contribution in [0.3, 0.4) is 0 Å². The van der Waals surface area contributed by atoms with Crippen LogP contribution in [0.1, 0.15) is 113 Å². The summed E-state index contributed by atoms with van der Waals surface area (Å²) >= 11 is 0. The lowest BCUT2D eigenvalue weighted by Crippen LogP contribution is -2.33. The van der Waals surface area contributed by atoms with Crippen molar-refractivity contribution in [3.63, 3.8) is 0 Å². The second-order valence-electron chi connectivity index (χ2n) is 10.5. The molecule has 0 aliphatic rings. The van der Waals surface area contributed by atoms with Gasteiger partial charge in [-0.2, -0.15) is 0 Å². The molecule has 0 spiro atoms. The van der Waals surface area contributed by atoms with Crippen LogP contribution in [0.5, 0.6) is 0 Å². The maximum atomic E-state index is 11.8. The quantitative estimate of drug-likeness (QED) is 0.154. The van der Waals surface area contributed by atoms with Gasteiger partial charge in [0.15, 0.2) is 0 Å².